The van der Waals surface area contributed by atoms with Crippen LogP contribution in [-0.2, 0) is 0 Å². The molecule has 0 saturated heterocycles. The Morgan fingerprint density at radius 2 is 2.12 bits per heavy atom. The summed E-state index contributed by atoms with van der Waals surface area (Å²) in [6.45, 7) is 0. The van der Waals surface area contributed by atoms with Gasteiger partial charge in [-0.05, 0) is 60.0 Å². The van der Waals surface area contributed by atoms with Gasteiger partial charge in [-0.1, -0.05) is 0 Å². The molecule has 1 aliphatic rings. The van der Waals surface area contributed by atoms with E-state index < -0.39 is 0 Å². The minimum absolute atomic E-state index is 0.108. The summed E-state index contributed by atoms with van der Waals surface area (Å²) in [5.41, 5.74) is 0. The maximum atomic E-state index is 11.8. The van der Waals surface area contributed by atoms with Crippen LogP contribution in [0.15, 0.2) is 21.2 Å². The van der Waals surface area contributed by atoms with Crippen molar-refractivity contribution in [3.05, 3.63) is 22.6 Å². The zero-order chi connectivity index (χ0) is 12.3. The van der Waals surface area contributed by atoms with Crippen molar-refractivity contribution in [3.63, 3.8) is 0 Å². The fourth-order valence-electron chi connectivity index (χ4n) is 2.14. The molecule has 1 N–H and O–H groups in total. The quantitative estimate of drug-likeness (QED) is 0.928. The molecular formula is C12H16BrNO2S. The molecule has 0 aromatic carbocycles. The van der Waals surface area contributed by atoms with Gasteiger partial charge in [-0.15, -0.1) is 0 Å². The van der Waals surface area contributed by atoms with Crippen LogP contribution in [-0.4, -0.2) is 23.5 Å². The SMILES string of the molecule is CSC1CCC(NC(=O)c2ccc(Br)o2)CC1. The normalized spacial score (nSPS) is 24.6. The third-order valence-corrected chi connectivity index (χ3v) is 4.70. The van der Waals surface area contributed by atoms with Crippen LogP contribution in [0.4, 0.5) is 0 Å². The molecule has 0 radical (unpaired) electrons. The van der Waals surface area contributed by atoms with Gasteiger partial charge in [0.1, 0.15) is 0 Å². The van der Waals surface area contributed by atoms with Crippen molar-refractivity contribution < 1.29 is 9.21 Å². The zero-order valence-electron chi connectivity index (χ0n) is 9.74. The van der Waals surface area contributed by atoms with E-state index in [0.29, 0.717) is 16.5 Å². The molecule has 1 saturated carbocycles. The van der Waals surface area contributed by atoms with Gasteiger partial charge in [0.2, 0.25) is 0 Å². The van der Waals surface area contributed by atoms with Crippen LogP contribution in [0.25, 0.3) is 0 Å². The molecule has 1 aliphatic carbocycles. The number of carbonyl (C=O) groups excluding carboxylic acids is 1. The van der Waals surface area contributed by atoms with E-state index in [0.717, 1.165) is 18.1 Å². The molecule has 1 fully saturated rings. The van der Waals surface area contributed by atoms with Crippen molar-refractivity contribution in [2.75, 3.05) is 6.26 Å². The number of nitrogens with one attached hydrogen (secondary N) is 1. The summed E-state index contributed by atoms with van der Waals surface area (Å²) in [4.78, 5) is 11.8. The van der Waals surface area contributed by atoms with Gasteiger partial charge in [0.05, 0.1) is 0 Å². The largest absolute Gasteiger partial charge is 0.444 e. The Morgan fingerprint density at radius 3 is 2.65 bits per heavy atom. The number of hydrogen-bond acceptors (Lipinski definition) is 3. The highest BCUT2D eigenvalue weighted by Gasteiger charge is 2.22. The minimum Gasteiger partial charge on any atom is -0.444 e. The Morgan fingerprint density at radius 1 is 1.41 bits per heavy atom. The van der Waals surface area contributed by atoms with E-state index in [2.05, 4.69) is 27.5 Å². The van der Waals surface area contributed by atoms with Gasteiger partial charge in [0.25, 0.3) is 5.91 Å². The van der Waals surface area contributed by atoms with E-state index >= 15 is 0 Å². The van der Waals surface area contributed by atoms with Crippen molar-refractivity contribution in [1.82, 2.24) is 5.32 Å². The fourth-order valence-corrected chi connectivity index (χ4v) is 3.19. The van der Waals surface area contributed by atoms with Gasteiger partial charge in [0, 0.05) is 11.3 Å². The molecule has 0 aliphatic heterocycles. The first kappa shape index (κ1) is 13.0. The van der Waals surface area contributed by atoms with Crippen LogP contribution in [0.2, 0.25) is 0 Å². The van der Waals surface area contributed by atoms with Crippen molar-refractivity contribution in [2.45, 2.75) is 37.0 Å². The molecule has 3 nitrogen and oxygen atoms in total. The van der Waals surface area contributed by atoms with Crippen LogP contribution >= 0.6 is 27.7 Å². The molecule has 0 spiro atoms. The Kier molecular flexibility index (Phi) is 4.56. The topological polar surface area (TPSA) is 42.2 Å². The second-order valence-corrected chi connectivity index (χ2v) is 6.21. The Balaban J connectivity index is 1.84. The smallest absolute Gasteiger partial charge is 0.287 e. The predicted octanol–water partition coefficient (Wildman–Crippen LogP) is 3.45. The summed E-state index contributed by atoms with van der Waals surface area (Å²) in [5.74, 6) is 0.271. The number of amides is 1. The van der Waals surface area contributed by atoms with Crippen molar-refractivity contribution in [3.8, 4) is 0 Å². The number of halogens is 1. The third kappa shape index (κ3) is 3.52. The minimum atomic E-state index is -0.108. The highest BCUT2D eigenvalue weighted by atomic mass is 79.9. The van der Waals surface area contributed by atoms with E-state index in [-0.39, 0.29) is 5.91 Å². The maximum Gasteiger partial charge on any atom is 0.287 e. The summed E-state index contributed by atoms with van der Waals surface area (Å²) in [6, 6.07) is 3.72. The zero-order valence-corrected chi connectivity index (χ0v) is 12.1. The Hall–Kier alpha value is -0.420. The number of thioether (sulfide) groups is 1. The highest BCUT2D eigenvalue weighted by Crippen LogP contribution is 2.27. The lowest BCUT2D eigenvalue weighted by atomic mass is 9.95. The molecule has 1 heterocycles. The van der Waals surface area contributed by atoms with Crippen molar-refractivity contribution >= 4 is 33.6 Å². The summed E-state index contributed by atoms with van der Waals surface area (Å²) in [5, 5.41) is 3.80. The van der Waals surface area contributed by atoms with Crippen LogP contribution in [0, 0.1) is 0 Å². The number of carbonyl (C=O) groups is 1. The van der Waals surface area contributed by atoms with Crippen molar-refractivity contribution in [2.24, 2.45) is 0 Å². The average Bonchev–Trinajstić information content (AvgIpc) is 2.77. The van der Waals surface area contributed by atoms with E-state index in [1.165, 1.54) is 12.8 Å². The monoisotopic (exact) mass is 317 g/mol. The first-order chi connectivity index (χ1) is 8.19. The van der Waals surface area contributed by atoms with Crippen LogP contribution in [0.5, 0.6) is 0 Å². The van der Waals surface area contributed by atoms with Gasteiger partial charge in [-0.25, -0.2) is 0 Å². The molecular weight excluding hydrogens is 302 g/mol. The van der Waals surface area contributed by atoms with Gasteiger partial charge in [-0.2, -0.15) is 11.8 Å². The van der Waals surface area contributed by atoms with E-state index in [4.69, 9.17) is 4.42 Å². The molecule has 1 aromatic heterocycles. The Bertz CT molecular complexity index is 386. The maximum absolute atomic E-state index is 11.8. The standard InChI is InChI=1S/C12H16BrNO2S/c1-17-9-4-2-8(3-5-9)14-12(15)10-6-7-11(13)16-10/h6-9H,2-5H2,1H3,(H,14,15). The van der Waals surface area contributed by atoms with Gasteiger partial charge in [-0.3, -0.25) is 4.79 Å². The lowest BCUT2D eigenvalue weighted by molar-refractivity contribution is 0.0898. The molecule has 2 rings (SSSR count). The lowest BCUT2D eigenvalue weighted by Gasteiger charge is -2.27. The molecule has 1 amide bonds. The first-order valence-corrected chi connectivity index (χ1v) is 7.86. The van der Waals surface area contributed by atoms with Crippen LogP contribution in [0.1, 0.15) is 36.2 Å². The van der Waals surface area contributed by atoms with E-state index in [1.807, 2.05) is 11.8 Å². The van der Waals surface area contributed by atoms with Crippen molar-refractivity contribution in [1.29, 1.82) is 0 Å². The second-order valence-electron chi connectivity index (χ2n) is 4.29. The lowest BCUT2D eigenvalue weighted by Crippen LogP contribution is -2.37. The summed E-state index contributed by atoms with van der Waals surface area (Å²) < 4.78 is 5.82. The van der Waals surface area contributed by atoms with Gasteiger partial charge in [0.15, 0.2) is 10.4 Å². The molecule has 1 aromatic rings. The highest BCUT2D eigenvalue weighted by molar-refractivity contribution is 9.10. The summed E-state index contributed by atoms with van der Waals surface area (Å²) >= 11 is 5.12. The molecule has 0 atom stereocenters. The molecule has 0 bridgehead atoms. The molecule has 0 unspecified atom stereocenters. The fraction of sp³-hybridized carbons (Fsp3) is 0.583. The van der Waals surface area contributed by atoms with E-state index in [1.54, 1.807) is 12.1 Å². The molecule has 94 valence electrons. The van der Waals surface area contributed by atoms with Gasteiger partial charge >= 0.3 is 0 Å². The number of furan rings is 1. The molecule has 17 heavy (non-hydrogen) atoms. The number of hydrogen-bond donors (Lipinski definition) is 1. The third-order valence-electron chi connectivity index (χ3n) is 3.14. The first-order valence-electron chi connectivity index (χ1n) is 5.78. The Labute approximate surface area is 114 Å². The number of rotatable bonds is 3. The van der Waals surface area contributed by atoms with Crippen LogP contribution in [0.3, 0.4) is 0 Å². The second kappa shape index (κ2) is 5.96. The summed E-state index contributed by atoms with van der Waals surface area (Å²) in [7, 11) is 0. The van der Waals surface area contributed by atoms with E-state index in [9.17, 15) is 4.79 Å². The predicted molar refractivity (Wildman–Crippen MR) is 73.4 cm³/mol. The van der Waals surface area contributed by atoms with Crippen LogP contribution < -0.4 is 5.32 Å². The van der Waals surface area contributed by atoms with Gasteiger partial charge < -0.3 is 9.73 Å². The molecule has 5 heteroatoms. The summed E-state index contributed by atoms with van der Waals surface area (Å²) in [6.07, 6.45) is 6.67. The average molecular weight is 318 g/mol.